The first kappa shape index (κ1) is 32.8. The molecule has 2 aromatic heterocycles. The molecule has 14 heteroatoms. The summed E-state index contributed by atoms with van der Waals surface area (Å²) in [6, 6.07) is 5.75. The van der Waals surface area contributed by atoms with Gasteiger partial charge in [0.2, 0.25) is 16.0 Å². The highest BCUT2D eigenvalue weighted by Crippen LogP contribution is 2.40. The average Bonchev–Trinajstić information content (AvgIpc) is 3.31. The highest BCUT2D eigenvalue weighted by Gasteiger charge is 2.42. The minimum atomic E-state index is -4.10. The minimum absolute atomic E-state index is 0.203. The summed E-state index contributed by atoms with van der Waals surface area (Å²) in [4.78, 5) is 8.89. The summed E-state index contributed by atoms with van der Waals surface area (Å²) in [6.07, 6.45) is 2.17. The molecular formula is C29H44N6O6SSi. The van der Waals surface area contributed by atoms with Crippen molar-refractivity contribution in [1.82, 2.24) is 24.7 Å². The fourth-order valence-corrected chi connectivity index (χ4v) is 7.50. The molecule has 1 aliphatic heterocycles. The first-order chi connectivity index (χ1) is 20.3. The summed E-state index contributed by atoms with van der Waals surface area (Å²) >= 11 is 0. The molecule has 4 rings (SSSR count). The Hall–Kier alpha value is -3.07. The van der Waals surface area contributed by atoms with Crippen LogP contribution in [0.4, 0.5) is 5.95 Å². The van der Waals surface area contributed by atoms with E-state index in [1.54, 1.807) is 33.5 Å². The SMILES string of the molecule is COC[C@H]1COc2ccc(OC)cc2-c2nnc(N(CC[Si](C)(C)C)S(=O)(=O)C(C)C(OC(C)C)c3ncc(C)cn3)n21. The van der Waals surface area contributed by atoms with Crippen LogP contribution in [0.1, 0.15) is 44.3 Å². The molecule has 43 heavy (non-hydrogen) atoms. The van der Waals surface area contributed by atoms with Crippen LogP contribution >= 0.6 is 0 Å². The monoisotopic (exact) mass is 632 g/mol. The third-order valence-electron chi connectivity index (χ3n) is 7.23. The molecule has 0 aliphatic carbocycles. The summed E-state index contributed by atoms with van der Waals surface area (Å²) in [5.74, 6) is 2.21. The van der Waals surface area contributed by atoms with E-state index in [9.17, 15) is 8.42 Å². The van der Waals surface area contributed by atoms with Crippen LogP contribution in [0, 0.1) is 6.92 Å². The van der Waals surface area contributed by atoms with Gasteiger partial charge in [-0.2, -0.15) is 0 Å². The summed E-state index contributed by atoms with van der Waals surface area (Å²) in [5, 5.41) is 8.03. The van der Waals surface area contributed by atoms with Gasteiger partial charge < -0.3 is 18.9 Å². The van der Waals surface area contributed by atoms with Gasteiger partial charge >= 0.3 is 0 Å². The van der Waals surface area contributed by atoms with Gasteiger partial charge in [-0.25, -0.2) is 22.7 Å². The van der Waals surface area contributed by atoms with Gasteiger partial charge in [-0.15, -0.1) is 10.2 Å². The lowest BCUT2D eigenvalue weighted by atomic mass is 10.1. The molecule has 2 unspecified atom stereocenters. The first-order valence-corrected chi connectivity index (χ1v) is 19.7. The van der Waals surface area contributed by atoms with Crippen molar-refractivity contribution >= 4 is 24.0 Å². The van der Waals surface area contributed by atoms with Gasteiger partial charge in [-0.3, -0.25) is 4.57 Å². The maximum atomic E-state index is 14.7. The number of anilines is 1. The maximum absolute atomic E-state index is 14.7. The molecule has 0 saturated carbocycles. The van der Waals surface area contributed by atoms with Crippen molar-refractivity contribution in [3.63, 3.8) is 0 Å². The lowest BCUT2D eigenvalue weighted by Crippen LogP contribution is -2.45. The van der Waals surface area contributed by atoms with Gasteiger partial charge in [-0.1, -0.05) is 19.6 Å². The van der Waals surface area contributed by atoms with Gasteiger partial charge in [0.1, 0.15) is 29.5 Å². The molecular weight excluding hydrogens is 589 g/mol. The van der Waals surface area contributed by atoms with E-state index in [-0.39, 0.29) is 31.8 Å². The number of sulfonamides is 1. The van der Waals surface area contributed by atoms with E-state index in [0.717, 1.165) is 5.56 Å². The van der Waals surface area contributed by atoms with Crippen molar-refractivity contribution in [2.75, 3.05) is 38.3 Å². The summed E-state index contributed by atoms with van der Waals surface area (Å²) < 4.78 is 56.1. The molecule has 0 bridgehead atoms. The van der Waals surface area contributed by atoms with E-state index >= 15 is 0 Å². The molecule has 3 heterocycles. The third kappa shape index (κ3) is 7.36. The molecule has 3 atom stereocenters. The topological polar surface area (TPSA) is 131 Å². The first-order valence-electron chi connectivity index (χ1n) is 14.5. The number of ether oxygens (including phenoxy) is 4. The minimum Gasteiger partial charge on any atom is -0.497 e. The number of rotatable bonds is 13. The van der Waals surface area contributed by atoms with E-state index in [1.807, 2.05) is 43.5 Å². The number of nitrogens with zero attached hydrogens (tertiary/aromatic N) is 6. The van der Waals surface area contributed by atoms with Gasteiger partial charge in [0.25, 0.3) is 0 Å². The summed E-state index contributed by atoms with van der Waals surface area (Å²) in [5.41, 5.74) is 1.52. The van der Waals surface area contributed by atoms with Crippen molar-refractivity contribution in [2.45, 2.75) is 76.9 Å². The normalized spacial score (nSPS) is 16.6. The van der Waals surface area contributed by atoms with E-state index in [2.05, 4.69) is 39.8 Å². The third-order valence-corrected chi connectivity index (χ3v) is 11.1. The van der Waals surface area contributed by atoms with Crippen molar-refractivity contribution < 1.29 is 27.4 Å². The lowest BCUT2D eigenvalue weighted by Gasteiger charge is -2.33. The number of aryl methyl sites for hydroxylation is 1. The zero-order valence-corrected chi connectivity index (χ0v) is 28.4. The van der Waals surface area contributed by atoms with Crippen LogP contribution in [0.25, 0.3) is 11.4 Å². The van der Waals surface area contributed by atoms with Crippen LogP contribution in [0.3, 0.4) is 0 Å². The summed E-state index contributed by atoms with van der Waals surface area (Å²) in [7, 11) is -2.62. The second kappa shape index (κ2) is 13.3. The Morgan fingerprint density at radius 3 is 2.42 bits per heavy atom. The van der Waals surface area contributed by atoms with Gasteiger partial charge in [0.05, 0.1) is 31.4 Å². The van der Waals surface area contributed by atoms with Crippen LogP contribution in [-0.2, 0) is 19.5 Å². The van der Waals surface area contributed by atoms with Crippen LogP contribution < -0.4 is 13.8 Å². The number of fused-ring (bicyclic) bond motifs is 3. The Bertz CT molecular complexity index is 1490. The molecule has 0 saturated heterocycles. The van der Waals surface area contributed by atoms with Crippen molar-refractivity contribution in [2.24, 2.45) is 0 Å². The molecule has 0 amide bonds. The standard InChI is InChI=1S/C29H44N6O6SSi/c1-19(2)41-26(27-30-15-20(3)16-31-27)21(4)42(36,37)34(12-13-43(7,8)9)29-33-32-28-24-14-23(39-6)10-11-25(24)40-18-22(17-38-5)35(28)29/h10-11,14-16,19,21-22,26H,12-13,17-18H2,1-9H3/t21?,22-,26?/m0/s1. The molecule has 3 aromatic rings. The zero-order valence-electron chi connectivity index (χ0n) is 26.6. The van der Waals surface area contributed by atoms with Gasteiger partial charge in [0.15, 0.2) is 11.6 Å². The molecule has 0 fully saturated rings. The number of hydrogen-bond donors (Lipinski definition) is 0. The smallest absolute Gasteiger partial charge is 0.243 e. The highest BCUT2D eigenvalue weighted by atomic mass is 32.2. The molecule has 0 N–H and O–H groups in total. The lowest BCUT2D eigenvalue weighted by molar-refractivity contribution is 0.00139. The number of hydrogen-bond acceptors (Lipinski definition) is 10. The predicted molar refractivity (Wildman–Crippen MR) is 168 cm³/mol. The molecule has 236 valence electrons. The highest BCUT2D eigenvalue weighted by molar-refractivity contribution is 7.93. The quantitative estimate of drug-likeness (QED) is 0.245. The van der Waals surface area contributed by atoms with Crippen LogP contribution in [0.2, 0.25) is 25.7 Å². The largest absolute Gasteiger partial charge is 0.497 e. The Balaban J connectivity index is 1.88. The summed E-state index contributed by atoms with van der Waals surface area (Å²) in [6.45, 7) is 14.6. The molecule has 12 nitrogen and oxygen atoms in total. The maximum Gasteiger partial charge on any atom is 0.243 e. The van der Waals surface area contributed by atoms with E-state index < -0.39 is 35.5 Å². The van der Waals surface area contributed by atoms with Crippen LogP contribution in [0.15, 0.2) is 30.6 Å². The van der Waals surface area contributed by atoms with E-state index in [4.69, 9.17) is 18.9 Å². The molecule has 1 aliphatic rings. The van der Waals surface area contributed by atoms with E-state index in [1.165, 1.54) is 4.31 Å². The average molecular weight is 633 g/mol. The number of aromatic nitrogens is 5. The second-order valence-corrected chi connectivity index (χ2v) is 20.2. The van der Waals surface area contributed by atoms with Gasteiger partial charge in [0, 0.05) is 34.1 Å². The Morgan fingerprint density at radius 1 is 1.12 bits per heavy atom. The Morgan fingerprint density at radius 2 is 1.81 bits per heavy atom. The van der Waals surface area contributed by atoms with E-state index in [0.29, 0.717) is 34.8 Å². The number of methoxy groups -OCH3 is 2. The number of benzene rings is 1. The fourth-order valence-electron chi connectivity index (χ4n) is 4.84. The predicted octanol–water partition coefficient (Wildman–Crippen LogP) is 4.66. The van der Waals surface area contributed by atoms with Crippen LogP contribution in [-0.4, -0.2) is 86.6 Å². The Labute approximate surface area is 255 Å². The molecule has 0 radical (unpaired) electrons. The van der Waals surface area contributed by atoms with Crippen molar-refractivity contribution in [3.8, 4) is 22.9 Å². The van der Waals surface area contributed by atoms with Crippen LogP contribution in [0.5, 0.6) is 11.5 Å². The van der Waals surface area contributed by atoms with Crippen molar-refractivity contribution in [3.05, 3.63) is 42.0 Å². The van der Waals surface area contributed by atoms with Crippen molar-refractivity contribution in [1.29, 1.82) is 0 Å². The Kier molecular flexibility index (Phi) is 10.1. The molecule has 1 aromatic carbocycles. The van der Waals surface area contributed by atoms with Gasteiger partial charge in [-0.05, 0) is 57.5 Å². The second-order valence-electron chi connectivity index (χ2n) is 12.3. The molecule has 0 spiro atoms. The zero-order chi connectivity index (χ0) is 31.5. The fraction of sp³-hybridized carbons (Fsp3) is 0.586.